The highest BCUT2D eigenvalue weighted by Crippen LogP contribution is 2.28. The third-order valence-corrected chi connectivity index (χ3v) is 3.04. The van der Waals surface area contributed by atoms with E-state index in [0.717, 1.165) is 11.1 Å². The van der Waals surface area contributed by atoms with Gasteiger partial charge in [-0.2, -0.15) is 0 Å². The van der Waals surface area contributed by atoms with Crippen molar-refractivity contribution >= 4 is 23.2 Å². The predicted octanol–water partition coefficient (Wildman–Crippen LogP) is 4.26. The molecular formula is C13H10Cl2FN. The summed E-state index contributed by atoms with van der Waals surface area (Å²) in [6.07, 6.45) is 0. The summed E-state index contributed by atoms with van der Waals surface area (Å²) in [4.78, 5) is 0. The average Bonchev–Trinajstić information content (AvgIpc) is 2.27. The van der Waals surface area contributed by atoms with E-state index in [0.29, 0.717) is 22.2 Å². The van der Waals surface area contributed by atoms with E-state index in [-0.39, 0.29) is 5.82 Å². The van der Waals surface area contributed by atoms with Gasteiger partial charge in [0.1, 0.15) is 5.82 Å². The van der Waals surface area contributed by atoms with Crippen LogP contribution >= 0.6 is 23.2 Å². The summed E-state index contributed by atoms with van der Waals surface area (Å²) in [5.74, 6) is -0.369. The predicted molar refractivity (Wildman–Crippen MR) is 69.7 cm³/mol. The fraction of sp³-hybridized carbons (Fsp3) is 0.0769. The molecule has 0 heterocycles. The zero-order chi connectivity index (χ0) is 12.4. The van der Waals surface area contributed by atoms with E-state index in [4.69, 9.17) is 28.9 Å². The summed E-state index contributed by atoms with van der Waals surface area (Å²) in [5.41, 5.74) is 7.89. The van der Waals surface area contributed by atoms with E-state index >= 15 is 0 Å². The molecule has 2 aromatic carbocycles. The zero-order valence-corrected chi connectivity index (χ0v) is 10.4. The molecule has 2 aromatic rings. The van der Waals surface area contributed by atoms with Gasteiger partial charge in [0.25, 0.3) is 0 Å². The van der Waals surface area contributed by atoms with E-state index in [1.54, 1.807) is 12.1 Å². The van der Waals surface area contributed by atoms with Crippen LogP contribution in [0.3, 0.4) is 0 Å². The molecule has 0 unspecified atom stereocenters. The number of rotatable bonds is 2. The first-order valence-electron chi connectivity index (χ1n) is 5.05. The second-order valence-electron chi connectivity index (χ2n) is 3.67. The van der Waals surface area contributed by atoms with Crippen molar-refractivity contribution in [3.63, 3.8) is 0 Å². The van der Waals surface area contributed by atoms with E-state index in [1.165, 1.54) is 12.1 Å². The Balaban J connectivity index is 2.49. The quantitative estimate of drug-likeness (QED) is 0.866. The molecule has 0 saturated heterocycles. The van der Waals surface area contributed by atoms with Crippen molar-refractivity contribution in [3.05, 3.63) is 57.8 Å². The van der Waals surface area contributed by atoms with Crippen LogP contribution in [0.5, 0.6) is 0 Å². The monoisotopic (exact) mass is 269 g/mol. The van der Waals surface area contributed by atoms with E-state index < -0.39 is 0 Å². The molecule has 0 saturated carbocycles. The summed E-state index contributed by atoms with van der Waals surface area (Å²) < 4.78 is 13.2. The number of hydrogen-bond donors (Lipinski definition) is 1. The Bertz CT molecular complexity index is 535. The summed E-state index contributed by atoms with van der Waals surface area (Å²) in [5, 5.41) is 0.935. The third kappa shape index (κ3) is 2.78. The summed E-state index contributed by atoms with van der Waals surface area (Å²) in [6.45, 7) is 0.378. The standard InChI is InChI=1S/C13H10Cl2FN/c14-11-3-10(4-12(16)6-11)8-1-2-9(7-17)13(15)5-8/h1-6H,7,17H2. The minimum atomic E-state index is -0.369. The van der Waals surface area contributed by atoms with Crippen molar-refractivity contribution in [2.75, 3.05) is 0 Å². The Labute approximate surface area is 109 Å². The Morgan fingerprint density at radius 2 is 1.76 bits per heavy atom. The van der Waals surface area contributed by atoms with Crippen LogP contribution in [0.25, 0.3) is 11.1 Å². The van der Waals surface area contributed by atoms with Crippen LogP contribution in [-0.4, -0.2) is 0 Å². The Morgan fingerprint density at radius 1 is 1.00 bits per heavy atom. The SMILES string of the molecule is NCc1ccc(-c2cc(F)cc(Cl)c2)cc1Cl. The summed E-state index contributed by atoms with van der Waals surface area (Å²) in [6, 6.07) is 9.81. The molecule has 0 spiro atoms. The third-order valence-electron chi connectivity index (χ3n) is 2.47. The van der Waals surface area contributed by atoms with Crippen LogP contribution in [0, 0.1) is 5.82 Å². The van der Waals surface area contributed by atoms with Gasteiger partial charge < -0.3 is 5.73 Å². The summed E-state index contributed by atoms with van der Waals surface area (Å²) >= 11 is 11.9. The average molecular weight is 270 g/mol. The van der Waals surface area contributed by atoms with Gasteiger partial charge in [-0.25, -0.2) is 4.39 Å². The molecule has 2 rings (SSSR count). The smallest absolute Gasteiger partial charge is 0.125 e. The molecule has 0 aromatic heterocycles. The molecule has 17 heavy (non-hydrogen) atoms. The molecule has 0 atom stereocenters. The van der Waals surface area contributed by atoms with Crippen LogP contribution in [-0.2, 0) is 6.54 Å². The molecule has 0 radical (unpaired) electrons. The Hall–Kier alpha value is -1.09. The van der Waals surface area contributed by atoms with Gasteiger partial charge in [-0.1, -0.05) is 35.3 Å². The van der Waals surface area contributed by atoms with Crippen LogP contribution in [0.4, 0.5) is 4.39 Å². The lowest BCUT2D eigenvalue weighted by atomic mass is 10.0. The fourth-order valence-corrected chi connectivity index (χ4v) is 2.09. The first-order chi connectivity index (χ1) is 8.10. The van der Waals surface area contributed by atoms with Crippen molar-refractivity contribution in [2.45, 2.75) is 6.54 Å². The van der Waals surface area contributed by atoms with Crippen LogP contribution in [0.15, 0.2) is 36.4 Å². The van der Waals surface area contributed by atoms with Crippen molar-refractivity contribution in [2.24, 2.45) is 5.73 Å². The first-order valence-corrected chi connectivity index (χ1v) is 5.80. The van der Waals surface area contributed by atoms with Gasteiger partial charge in [-0.05, 0) is 41.0 Å². The Morgan fingerprint density at radius 3 is 2.35 bits per heavy atom. The van der Waals surface area contributed by atoms with Crippen LogP contribution in [0.1, 0.15) is 5.56 Å². The normalized spacial score (nSPS) is 10.6. The van der Waals surface area contributed by atoms with Gasteiger partial charge in [-0.3, -0.25) is 0 Å². The lowest BCUT2D eigenvalue weighted by molar-refractivity contribution is 0.628. The molecular weight excluding hydrogens is 260 g/mol. The molecule has 0 aliphatic rings. The highest BCUT2D eigenvalue weighted by atomic mass is 35.5. The van der Waals surface area contributed by atoms with Crippen LogP contribution < -0.4 is 5.73 Å². The minimum absolute atomic E-state index is 0.360. The molecule has 0 aliphatic carbocycles. The number of halogens is 3. The highest BCUT2D eigenvalue weighted by molar-refractivity contribution is 6.32. The fourth-order valence-electron chi connectivity index (χ4n) is 1.61. The summed E-state index contributed by atoms with van der Waals surface area (Å²) in [7, 11) is 0. The molecule has 0 bridgehead atoms. The number of nitrogens with two attached hydrogens (primary N) is 1. The van der Waals surface area contributed by atoms with E-state index in [2.05, 4.69) is 0 Å². The molecule has 0 amide bonds. The van der Waals surface area contributed by atoms with Crippen molar-refractivity contribution < 1.29 is 4.39 Å². The van der Waals surface area contributed by atoms with Gasteiger partial charge in [0.2, 0.25) is 0 Å². The molecule has 4 heteroatoms. The number of hydrogen-bond acceptors (Lipinski definition) is 1. The van der Waals surface area contributed by atoms with Gasteiger partial charge in [0.15, 0.2) is 0 Å². The second-order valence-corrected chi connectivity index (χ2v) is 4.51. The van der Waals surface area contributed by atoms with E-state index in [1.807, 2.05) is 12.1 Å². The maximum atomic E-state index is 13.2. The topological polar surface area (TPSA) is 26.0 Å². The largest absolute Gasteiger partial charge is 0.326 e. The van der Waals surface area contributed by atoms with E-state index in [9.17, 15) is 4.39 Å². The van der Waals surface area contributed by atoms with Gasteiger partial charge in [-0.15, -0.1) is 0 Å². The van der Waals surface area contributed by atoms with Gasteiger partial charge in [0, 0.05) is 16.6 Å². The number of benzene rings is 2. The maximum absolute atomic E-state index is 13.2. The Kier molecular flexibility index (Phi) is 3.67. The van der Waals surface area contributed by atoms with Crippen LogP contribution in [0.2, 0.25) is 10.0 Å². The zero-order valence-electron chi connectivity index (χ0n) is 8.88. The lowest BCUT2D eigenvalue weighted by Crippen LogP contribution is -1.96. The maximum Gasteiger partial charge on any atom is 0.125 e. The van der Waals surface area contributed by atoms with Crippen molar-refractivity contribution in [3.8, 4) is 11.1 Å². The molecule has 2 N–H and O–H groups in total. The van der Waals surface area contributed by atoms with Gasteiger partial charge in [0.05, 0.1) is 0 Å². The molecule has 88 valence electrons. The molecule has 0 fully saturated rings. The van der Waals surface area contributed by atoms with Crippen molar-refractivity contribution in [1.82, 2.24) is 0 Å². The molecule has 1 nitrogen and oxygen atoms in total. The highest BCUT2D eigenvalue weighted by Gasteiger charge is 2.05. The lowest BCUT2D eigenvalue weighted by Gasteiger charge is -2.06. The first kappa shape index (κ1) is 12.4. The molecule has 0 aliphatic heterocycles. The minimum Gasteiger partial charge on any atom is -0.326 e. The van der Waals surface area contributed by atoms with Gasteiger partial charge >= 0.3 is 0 Å². The second kappa shape index (κ2) is 5.05. The van der Waals surface area contributed by atoms with Crippen molar-refractivity contribution in [1.29, 1.82) is 0 Å².